The summed E-state index contributed by atoms with van der Waals surface area (Å²) in [7, 11) is 3.10. The molecule has 1 aromatic heterocycles. The minimum Gasteiger partial charge on any atom is -0.493 e. The third-order valence-corrected chi connectivity index (χ3v) is 6.18. The zero-order chi connectivity index (χ0) is 22.2. The molecule has 8 nitrogen and oxygen atoms in total. The van der Waals surface area contributed by atoms with Gasteiger partial charge in [-0.25, -0.2) is 0 Å². The van der Waals surface area contributed by atoms with Gasteiger partial charge in [0.1, 0.15) is 0 Å². The van der Waals surface area contributed by atoms with Crippen LogP contribution in [0.25, 0.3) is 0 Å². The Bertz CT molecular complexity index is 1070. The van der Waals surface area contributed by atoms with Crippen molar-refractivity contribution < 1.29 is 19.1 Å². The molecule has 1 heterocycles. The molecular weight excluding hydrogens is 436 g/mol. The fourth-order valence-electron chi connectivity index (χ4n) is 2.68. The number of ether oxygens (including phenoxy) is 2. The zero-order valence-corrected chi connectivity index (χ0v) is 18.9. The summed E-state index contributed by atoms with van der Waals surface area (Å²) < 4.78 is 11.1. The second-order valence-corrected chi connectivity index (χ2v) is 8.64. The average Bonchev–Trinajstić information content (AvgIpc) is 3.21. The fraction of sp³-hybridized carbons (Fsp3) is 0.238. The van der Waals surface area contributed by atoms with E-state index in [1.807, 2.05) is 31.2 Å². The second kappa shape index (κ2) is 10.8. The van der Waals surface area contributed by atoms with E-state index >= 15 is 0 Å². The summed E-state index contributed by atoms with van der Waals surface area (Å²) in [6.07, 6.45) is 0.154. The van der Waals surface area contributed by atoms with E-state index in [1.54, 1.807) is 32.4 Å². The Hall–Kier alpha value is -3.11. The maximum atomic E-state index is 12.3. The molecule has 0 aliphatic heterocycles. The first kappa shape index (κ1) is 22.6. The molecular formula is C21H22N4O4S2. The molecule has 3 rings (SSSR count). The van der Waals surface area contributed by atoms with E-state index in [-0.39, 0.29) is 24.0 Å². The predicted molar refractivity (Wildman–Crippen MR) is 122 cm³/mol. The maximum absolute atomic E-state index is 12.3. The highest BCUT2D eigenvalue weighted by Crippen LogP contribution is 2.28. The molecule has 31 heavy (non-hydrogen) atoms. The third-order valence-electron chi connectivity index (χ3n) is 4.21. The van der Waals surface area contributed by atoms with Gasteiger partial charge in [-0.05, 0) is 36.2 Å². The molecule has 2 aromatic carbocycles. The van der Waals surface area contributed by atoms with Crippen LogP contribution >= 0.6 is 23.1 Å². The van der Waals surface area contributed by atoms with Crippen LogP contribution in [0, 0.1) is 6.92 Å². The number of nitrogens with one attached hydrogen (secondary N) is 2. The summed E-state index contributed by atoms with van der Waals surface area (Å²) in [6.45, 7) is 1.94. The van der Waals surface area contributed by atoms with Crippen molar-refractivity contribution in [3.8, 4) is 11.5 Å². The third kappa shape index (κ3) is 6.43. The molecule has 0 aliphatic carbocycles. The highest BCUT2D eigenvalue weighted by atomic mass is 32.2. The number of para-hydroxylation sites is 1. The van der Waals surface area contributed by atoms with Crippen LogP contribution in [0.1, 0.15) is 11.1 Å². The van der Waals surface area contributed by atoms with Crippen LogP contribution in [0.5, 0.6) is 11.5 Å². The zero-order valence-electron chi connectivity index (χ0n) is 17.3. The lowest BCUT2D eigenvalue weighted by atomic mass is 10.1. The van der Waals surface area contributed by atoms with Gasteiger partial charge in [-0.2, -0.15) is 0 Å². The van der Waals surface area contributed by atoms with Crippen LogP contribution in [0.2, 0.25) is 0 Å². The highest BCUT2D eigenvalue weighted by Gasteiger charge is 2.13. The van der Waals surface area contributed by atoms with Crippen LogP contribution in [0.4, 0.5) is 10.8 Å². The number of rotatable bonds is 9. The van der Waals surface area contributed by atoms with Gasteiger partial charge in [0, 0.05) is 5.69 Å². The molecule has 0 fully saturated rings. The van der Waals surface area contributed by atoms with E-state index in [9.17, 15) is 9.59 Å². The lowest BCUT2D eigenvalue weighted by Crippen LogP contribution is -2.14. The lowest BCUT2D eigenvalue weighted by molar-refractivity contribution is -0.115. The van der Waals surface area contributed by atoms with E-state index in [0.717, 1.165) is 16.8 Å². The number of amides is 2. The highest BCUT2D eigenvalue weighted by molar-refractivity contribution is 8.01. The van der Waals surface area contributed by atoms with Crippen molar-refractivity contribution in [1.29, 1.82) is 0 Å². The van der Waals surface area contributed by atoms with Crippen molar-refractivity contribution >= 4 is 45.7 Å². The molecule has 10 heteroatoms. The number of methoxy groups -OCH3 is 2. The monoisotopic (exact) mass is 458 g/mol. The van der Waals surface area contributed by atoms with Crippen molar-refractivity contribution in [3.05, 3.63) is 53.6 Å². The van der Waals surface area contributed by atoms with E-state index in [2.05, 4.69) is 20.8 Å². The molecule has 162 valence electrons. The minimum absolute atomic E-state index is 0.131. The fourth-order valence-corrected chi connectivity index (χ4v) is 4.25. The smallest absolute Gasteiger partial charge is 0.234 e. The number of benzene rings is 2. The quantitative estimate of drug-likeness (QED) is 0.372. The Balaban J connectivity index is 1.50. The van der Waals surface area contributed by atoms with Crippen molar-refractivity contribution in [2.75, 3.05) is 30.6 Å². The standard InChI is InChI=1S/C21H22N4O4S2/c1-13-6-4-5-7-15(13)22-19(27)12-30-21-25-24-20(31-21)23-18(26)11-14-8-9-16(28-2)17(10-14)29-3/h4-10H,11-12H2,1-3H3,(H,22,27)(H,23,24,26). The second-order valence-electron chi connectivity index (χ2n) is 6.44. The number of aryl methyl sites for hydroxylation is 1. The summed E-state index contributed by atoms with van der Waals surface area (Å²) in [5.74, 6) is 1.00. The van der Waals surface area contributed by atoms with Crippen molar-refractivity contribution in [1.82, 2.24) is 10.2 Å². The maximum Gasteiger partial charge on any atom is 0.234 e. The number of carbonyl (C=O) groups is 2. The first-order chi connectivity index (χ1) is 15.0. The largest absolute Gasteiger partial charge is 0.493 e. The van der Waals surface area contributed by atoms with Gasteiger partial charge in [0.2, 0.25) is 16.9 Å². The summed E-state index contributed by atoms with van der Waals surface area (Å²) >= 11 is 2.49. The van der Waals surface area contributed by atoms with Crippen LogP contribution in [0.15, 0.2) is 46.8 Å². The molecule has 0 bridgehead atoms. The van der Waals surface area contributed by atoms with Gasteiger partial charge in [0.25, 0.3) is 0 Å². The van der Waals surface area contributed by atoms with Gasteiger partial charge >= 0.3 is 0 Å². The van der Waals surface area contributed by atoms with Crippen LogP contribution < -0.4 is 20.1 Å². The molecule has 2 amide bonds. The number of hydrogen-bond donors (Lipinski definition) is 2. The lowest BCUT2D eigenvalue weighted by Gasteiger charge is -2.09. The summed E-state index contributed by atoms with van der Waals surface area (Å²) in [4.78, 5) is 24.5. The molecule has 0 aliphatic rings. The van der Waals surface area contributed by atoms with Crippen LogP contribution in [-0.2, 0) is 16.0 Å². The van der Waals surface area contributed by atoms with Gasteiger partial charge in [-0.15, -0.1) is 10.2 Å². The normalized spacial score (nSPS) is 10.4. The van der Waals surface area contributed by atoms with E-state index in [1.165, 1.54) is 23.1 Å². The molecule has 3 aromatic rings. The number of hydrogen-bond acceptors (Lipinski definition) is 8. The number of anilines is 2. The Labute approximate surface area is 188 Å². The van der Waals surface area contributed by atoms with Gasteiger partial charge < -0.3 is 20.1 Å². The number of thioether (sulfide) groups is 1. The first-order valence-corrected chi connectivity index (χ1v) is 11.1. The van der Waals surface area contributed by atoms with E-state index in [0.29, 0.717) is 21.0 Å². The Morgan fingerprint density at radius 1 is 1.00 bits per heavy atom. The summed E-state index contributed by atoms with van der Waals surface area (Å²) in [6, 6.07) is 12.9. The topological polar surface area (TPSA) is 102 Å². The molecule has 0 spiro atoms. The minimum atomic E-state index is -0.225. The van der Waals surface area contributed by atoms with E-state index < -0.39 is 0 Å². The molecule has 0 saturated carbocycles. The number of nitrogens with zero attached hydrogens (tertiary/aromatic N) is 2. The predicted octanol–water partition coefficient (Wildman–Crippen LogP) is 3.78. The van der Waals surface area contributed by atoms with Gasteiger partial charge in [0.15, 0.2) is 15.8 Å². The SMILES string of the molecule is COc1ccc(CC(=O)Nc2nnc(SCC(=O)Nc3ccccc3C)s2)cc1OC. The molecule has 0 atom stereocenters. The number of carbonyl (C=O) groups excluding carboxylic acids is 2. The van der Waals surface area contributed by atoms with Crippen molar-refractivity contribution in [3.63, 3.8) is 0 Å². The summed E-state index contributed by atoms with van der Waals surface area (Å²) in [5.41, 5.74) is 2.56. The van der Waals surface area contributed by atoms with Crippen molar-refractivity contribution in [2.45, 2.75) is 17.7 Å². The Kier molecular flexibility index (Phi) is 7.85. The van der Waals surface area contributed by atoms with Crippen LogP contribution in [0.3, 0.4) is 0 Å². The van der Waals surface area contributed by atoms with Crippen LogP contribution in [-0.4, -0.2) is 42.0 Å². The first-order valence-electron chi connectivity index (χ1n) is 9.31. The molecule has 2 N–H and O–H groups in total. The average molecular weight is 459 g/mol. The van der Waals surface area contributed by atoms with E-state index in [4.69, 9.17) is 9.47 Å². The summed E-state index contributed by atoms with van der Waals surface area (Å²) in [5, 5.41) is 14.0. The Morgan fingerprint density at radius 2 is 1.77 bits per heavy atom. The number of aromatic nitrogens is 2. The van der Waals surface area contributed by atoms with Crippen molar-refractivity contribution in [2.24, 2.45) is 0 Å². The van der Waals surface area contributed by atoms with Gasteiger partial charge in [0.05, 0.1) is 26.4 Å². The Morgan fingerprint density at radius 3 is 2.52 bits per heavy atom. The van der Waals surface area contributed by atoms with Gasteiger partial charge in [-0.1, -0.05) is 47.4 Å². The molecule has 0 saturated heterocycles. The molecule has 0 radical (unpaired) electrons. The molecule has 0 unspecified atom stereocenters. The van der Waals surface area contributed by atoms with Gasteiger partial charge in [-0.3, -0.25) is 9.59 Å².